The Hall–Kier alpha value is 0.790. The molecule has 66 valence electrons. The molecule has 0 N–H and O–H groups in total. The first kappa shape index (κ1) is 11.8. The Labute approximate surface area is 79.1 Å². The van der Waals surface area contributed by atoms with Gasteiger partial charge >= 0.3 is 79.1 Å². The van der Waals surface area contributed by atoms with Crippen molar-refractivity contribution < 1.29 is 2.85 Å². The van der Waals surface area contributed by atoms with Gasteiger partial charge in [-0.05, 0) is 0 Å². The molecule has 0 aliphatic heterocycles. The maximum atomic E-state index is 5.84. The summed E-state index contributed by atoms with van der Waals surface area (Å²) in [5, 5.41) is 0. The van der Waals surface area contributed by atoms with Crippen LogP contribution in [-0.2, 0) is 2.85 Å². The molecule has 2 unspecified atom stereocenters. The normalized spacial score (nSPS) is 16.6. The summed E-state index contributed by atoms with van der Waals surface area (Å²) in [6.45, 7) is 4.38. The molecule has 0 bridgehead atoms. The van der Waals surface area contributed by atoms with Gasteiger partial charge in [0.15, 0.2) is 0 Å². The van der Waals surface area contributed by atoms with Gasteiger partial charge < -0.3 is 0 Å². The van der Waals surface area contributed by atoms with E-state index in [4.69, 9.17) is 2.85 Å². The molecule has 0 aliphatic carbocycles. The zero-order chi connectivity index (χ0) is 9.02. The number of hydrogen-bond donors (Lipinski definition) is 0. The van der Waals surface area contributed by atoms with E-state index in [2.05, 4.69) is 42.2 Å². The molecule has 0 aliphatic rings. The van der Waals surface area contributed by atoms with Crippen LogP contribution in [0.1, 0.15) is 13.8 Å². The van der Waals surface area contributed by atoms with Crippen LogP contribution in [0.25, 0.3) is 0 Å². The molecule has 0 aromatic heterocycles. The van der Waals surface area contributed by atoms with Crippen molar-refractivity contribution in [1.29, 1.82) is 0 Å². The average Bonchev–Trinajstić information content (AvgIpc) is 1.84. The van der Waals surface area contributed by atoms with Crippen LogP contribution in [-0.4, -0.2) is 53.0 Å². The van der Waals surface area contributed by atoms with Gasteiger partial charge in [0.25, 0.3) is 0 Å². The summed E-state index contributed by atoms with van der Waals surface area (Å²) in [6.07, 6.45) is 0.404. The first-order valence-electron chi connectivity index (χ1n) is 4.27. The third kappa shape index (κ3) is 5.10. The number of hydrogen-bond acceptors (Lipinski definition) is 2. The number of likely N-dealkylation sites (N-methyl/N-ethyl adjacent to an activating group) is 1. The molecule has 0 aromatic carbocycles. The summed E-state index contributed by atoms with van der Waals surface area (Å²) in [5.41, 5.74) is 0. The van der Waals surface area contributed by atoms with Crippen LogP contribution in [0.2, 0.25) is 9.36 Å². The standard InChI is InChI=1S/C6H14NO.2CH3.In/c1-5(6(2)8)7(3)4;;;/h5-6H,1-4H3;2*1H3;/q-1;;;+1. The van der Waals surface area contributed by atoms with Crippen LogP contribution < -0.4 is 0 Å². The molecule has 0 rings (SSSR count). The third-order valence-electron chi connectivity index (χ3n) is 1.98. The van der Waals surface area contributed by atoms with Crippen LogP contribution in [0.5, 0.6) is 0 Å². The number of rotatable bonds is 4. The van der Waals surface area contributed by atoms with Crippen LogP contribution >= 0.6 is 0 Å². The Balaban J connectivity index is 3.73. The van der Waals surface area contributed by atoms with Gasteiger partial charge in [-0.2, -0.15) is 0 Å². The van der Waals surface area contributed by atoms with E-state index in [9.17, 15) is 0 Å². The van der Waals surface area contributed by atoms with Gasteiger partial charge in [-0.3, -0.25) is 0 Å². The summed E-state index contributed by atoms with van der Waals surface area (Å²) in [5.74, 6) is 0. The summed E-state index contributed by atoms with van der Waals surface area (Å²) in [7, 11) is 4.20. The van der Waals surface area contributed by atoms with Crippen molar-refractivity contribution in [1.82, 2.24) is 4.90 Å². The molecule has 0 amide bonds. The van der Waals surface area contributed by atoms with E-state index in [1.165, 1.54) is 0 Å². The van der Waals surface area contributed by atoms with Crippen molar-refractivity contribution in [3.63, 3.8) is 0 Å². The van der Waals surface area contributed by atoms with Gasteiger partial charge in [-0.25, -0.2) is 0 Å². The van der Waals surface area contributed by atoms with Crippen LogP contribution in [0.4, 0.5) is 0 Å². The van der Waals surface area contributed by atoms with E-state index < -0.39 is 21.9 Å². The molecule has 0 saturated carbocycles. The molecule has 3 heteroatoms. The van der Waals surface area contributed by atoms with Crippen molar-refractivity contribution in [3.8, 4) is 0 Å². The zero-order valence-corrected chi connectivity index (χ0v) is 11.9. The molecule has 2 atom stereocenters. The quantitative estimate of drug-likeness (QED) is 0.762. The van der Waals surface area contributed by atoms with Crippen molar-refractivity contribution in [2.45, 2.75) is 35.4 Å². The summed E-state index contributed by atoms with van der Waals surface area (Å²) < 4.78 is 10.4. The second-order valence-corrected chi connectivity index (χ2v) is 10.4. The Bertz CT molecular complexity index is 106. The Morgan fingerprint density at radius 3 is 1.91 bits per heavy atom. The van der Waals surface area contributed by atoms with E-state index in [1.807, 2.05) is 0 Å². The van der Waals surface area contributed by atoms with E-state index in [-0.39, 0.29) is 0 Å². The topological polar surface area (TPSA) is 12.5 Å². The van der Waals surface area contributed by atoms with E-state index in [0.717, 1.165) is 0 Å². The Kier molecular flexibility index (Phi) is 5.83. The first-order chi connectivity index (χ1) is 4.95. The third-order valence-corrected chi connectivity index (χ3v) is 4.76. The molecule has 0 saturated heterocycles. The van der Waals surface area contributed by atoms with Crippen LogP contribution in [0.15, 0.2) is 0 Å². The zero-order valence-electron chi connectivity index (χ0n) is 8.59. The molecule has 0 radical (unpaired) electrons. The average molecular weight is 261 g/mol. The SMILES string of the molecule is CC([O][In]([CH3])[CH3])C(C)N(C)C. The van der Waals surface area contributed by atoms with Crippen LogP contribution in [0, 0.1) is 0 Å². The minimum absolute atomic E-state index is 0.404. The first-order valence-corrected chi connectivity index (χ1v) is 12.2. The van der Waals surface area contributed by atoms with Gasteiger partial charge in [0.1, 0.15) is 0 Å². The molecule has 0 heterocycles. The van der Waals surface area contributed by atoms with E-state index in [1.54, 1.807) is 0 Å². The summed E-state index contributed by atoms with van der Waals surface area (Å²) in [4.78, 5) is 2.21. The summed E-state index contributed by atoms with van der Waals surface area (Å²) in [6, 6.07) is 0.536. The van der Waals surface area contributed by atoms with E-state index >= 15 is 0 Å². The summed E-state index contributed by atoms with van der Waals surface area (Å²) >= 11 is -1.46. The molecule has 11 heavy (non-hydrogen) atoms. The Morgan fingerprint density at radius 1 is 1.18 bits per heavy atom. The fraction of sp³-hybridized carbons (Fsp3) is 1.00. The Morgan fingerprint density at radius 2 is 1.64 bits per heavy atom. The monoisotopic (exact) mass is 261 g/mol. The van der Waals surface area contributed by atoms with Crippen molar-refractivity contribution >= 4 is 21.9 Å². The fourth-order valence-corrected chi connectivity index (χ4v) is 4.06. The second kappa shape index (κ2) is 5.44. The predicted octanol–water partition coefficient (Wildman–Crippen LogP) is 1.59. The van der Waals surface area contributed by atoms with Gasteiger partial charge in [0, 0.05) is 0 Å². The molecule has 0 fully saturated rings. The fourth-order valence-electron chi connectivity index (χ4n) is 0.963. The van der Waals surface area contributed by atoms with Crippen molar-refractivity contribution in [3.05, 3.63) is 0 Å². The predicted molar refractivity (Wildman–Crippen MR) is 51.2 cm³/mol. The van der Waals surface area contributed by atoms with Gasteiger partial charge in [0.05, 0.1) is 0 Å². The van der Waals surface area contributed by atoms with Crippen molar-refractivity contribution in [2.75, 3.05) is 14.1 Å². The van der Waals surface area contributed by atoms with Crippen molar-refractivity contribution in [2.24, 2.45) is 0 Å². The minimum atomic E-state index is -1.46. The van der Waals surface area contributed by atoms with Gasteiger partial charge in [-0.15, -0.1) is 0 Å². The molecule has 0 spiro atoms. The molecule has 2 nitrogen and oxygen atoms in total. The molecule has 0 aromatic rings. The second-order valence-electron chi connectivity index (χ2n) is 3.59. The van der Waals surface area contributed by atoms with E-state index in [0.29, 0.717) is 12.1 Å². The van der Waals surface area contributed by atoms with Gasteiger partial charge in [-0.1, -0.05) is 0 Å². The molecular formula is C8H20InNO. The van der Waals surface area contributed by atoms with Crippen LogP contribution in [0.3, 0.4) is 0 Å². The van der Waals surface area contributed by atoms with Gasteiger partial charge in [0.2, 0.25) is 0 Å². The number of nitrogens with zero attached hydrogens (tertiary/aromatic N) is 1. The molecular weight excluding hydrogens is 241 g/mol. The maximum absolute atomic E-state index is 5.84.